The molecule has 4 heteroatoms. The largest absolute Gasteiger partial charge is 0.394 e. The van der Waals surface area contributed by atoms with Gasteiger partial charge >= 0.3 is 0 Å². The molecular weight excluding hydrogens is 232 g/mol. The number of hydrogen-bond acceptors (Lipinski definition) is 3. The number of aliphatic hydroxyl groups excluding tert-OH is 1. The number of rotatable bonds is 2. The van der Waals surface area contributed by atoms with Crippen molar-refractivity contribution >= 4 is 15.9 Å². The van der Waals surface area contributed by atoms with E-state index in [2.05, 4.69) is 15.9 Å². The highest BCUT2D eigenvalue weighted by Crippen LogP contribution is 2.20. The van der Waals surface area contributed by atoms with Crippen LogP contribution in [0.15, 0.2) is 22.7 Å². The van der Waals surface area contributed by atoms with Crippen LogP contribution in [0.1, 0.15) is 17.2 Å². The number of nitrogens with two attached hydrogens (primary N) is 1. The molecule has 0 saturated heterocycles. The van der Waals surface area contributed by atoms with E-state index in [1.165, 1.54) is 0 Å². The van der Waals surface area contributed by atoms with Gasteiger partial charge in [0.15, 0.2) is 0 Å². The number of aliphatic hydroxyl groups is 1. The molecule has 0 aliphatic heterocycles. The Bertz CT molecular complexity index is 346. The molecule has 13 heavy (non-hydrogen) atoms. The van der Waals surface area contributed by atoms with Gasteiger partial charge in [-0.2, -0.15) is 5.26 Å². The SMILES string of the molecule is N#Cc1ccc([C@@H](N)CO)cc1Br. The third-order valence-corrected chi connectivity index (χ3v) is 2.39. The molecule has 0 unspecified atom stereocenters. The lowest BCUT2D eigenvalue weighted by Crippen LogP contribution is -2.14. The van der Waals surface area contributed by atoms with Crippen molar-refractivity contribution < 1.29 is 5.11 Å². The summed E-state index contributed by atoms with van der Waals surface area (Å²) in [4.78, 5) is 0. The fraction of sp³-hybridized carbons (Fsp3) is 0.222. The average molecular weight is 241 g/mol. The first-order chi connectivity index (χ1) is 6.19. The van der Waals surface area contributed by atoms with Gasteiger partial charge in [0.05, 0.1) is 18.2 Å². The molecule has 0 bridgehead atoms. The first kappa shape index (κ1) is 10.2. The Morgan fingerprint density at radius 2 is 2.31 bits per heavy atom. The van der Waals surface area contributed by atoms with Gasteiger partial charge in [0, 0.05) is 4.47 Å². The Balaban J connectivity index is 3.04. The average Bonchev–Trinajstić information content (AvgIpc) is 2.16. The summed E-state index contributed by atoms with van der Waals surface area (Å²) in [5.74, 6) is 0. The molecular formula is C9H9BrN2O. The normalized spacial score (nSPS) is 12.2. The van der Waals surface area contributed by atoms with Gasteiger partial charge in [-0.3, -0.25) is 0 Å². The Morgan fingerprint density at radius 3 is 2.77 bits per heavy atom. The molecule has 68 valence electrons. The zero-order valence-electron chi connectivity index (χ0n) is 6.87. The summed E-state index contributed by atoms with van der Waals surface area (Å²) < 4.78 is 0.705. The molecule has 1 rings (SSSR count). The van der Waals surface area contributed by atoms with E-state index in [1.807, 2.05) is 6.07 Å². The molecule has 0 heterocycles. The van der Waals surface area contributed by atoms with Gasteiger partial charge in [-0.15, -0.1) is 0 Å². The summed E-state index contributed by atoms with van der Waals surface area (Å²) in [6.45, 7) is -0.0989. The zero-order chi connectivity index (χ0) is 9.84. The van der Waals surface area contributed by atoms with Gasteiger partial charge in [-0.25, -0.2) is 0 Å². The van der Waals surface area contributed by atoms with E-state index in [4.69, 9.17) is 16.1 Å². The zero-order valence-corrected chi connectivity index (χ0v) is 8.45. The van der Waals surface area contributed by atoms with Gasteiger partial charge in [0.2, 0.25) is 0 Å². The first-order valence-corrected chi connectivity index (χ1v) is 4.54. The molecule has 0 amide bonds. The Hall–Kier alpha value is -0.890. The minimum absolute atomic E-state index is 0.0989. The molecule has 0 fully saturated rings. The van der Waals surface area contributed by atoms with Crippen molar-refractivity contribution in [2.45, 2.75) is 6.04 Å². The maximum absolute atomic E-state index is 8.80. The number of nitrogens with zero attached hydrogens (tertiary/aromatic N) is 1. The third-order valence-electron chi connectivity index (χ3n) is 1.74. The van der Waals surface area contributed by atoms with Crippen LogP contribution < -0.4 is 5.73 Å². The van der Waals surface area contributed by atoms with E-state index < -0.39 is 0 Å². The van der Waals surface area contributed by atoms with E-state index in [0.717, 1.165) is 5.56 Å². The molecule has 0 radical (unpaired) electrons. The predicted octanol–water partition coefficient (Wildman–Crippen LogP) is 1.31. The van der Waals surface area contributed by atoms with Crippen LogP contribution in [-0.4, -0.2) is 11.7 Å². The summed E-state index contributed by atoms with van der Waals surface area (Å²) in [7, 11) is 0. The number of halogens is 1. The quantitative estimate of drug-likeness (QED) is 0.820. The van der Waals surface area contributed by atoms with Gasteiger partial charge < -0.3 is 10.8 Å². The summed E-state index contributed by atoms with van der Waals surface area (Å²) in [6.07, 6.45) is 0. The summed E-state index contributed by atoms with van der Waals surface area (Å²) in [5, 5.41) is 17.4. The first-order valence-electron chi connectivity index (χ1n) is 3.75. The highest BCUT2D eigenvalue weighted by atomic mass is 79.9. The van der Waals surface area contributed by atoms with Gasteiger partial charge in [-0.1, -0.05) is 6.07 Å². The number of benzene rings is 1. The lowest BCUT2D eigenvalue weighted by atomic mass is 10.1. The lowest BCUT2D eigenvalue weighted by molar-refractivity contribution is 0.268. The maximum atomic E-state index is 8.80. The Morgan fingerprint density at radius 1 is 1.62 bits per heavy atom. The van der Waals surface area contributed by atoms with E-state index in [-0.39, 0.29) is 12.6 Å². The molecule has 0 saturated carbocycles. The molecule has 3 nitrogen and oxygen atoms in total. The monoisotopic (exact) mass is 240 g/mol. The van der Waals surface area contributed by atoms with Crippen molar-refractivity contribution in [3.8, 4) is 6.07 Å². The van der Waals surface area contributed by atoms with Crippen LogP contribution in [0.3, 0.4) is 0 Å². The van der Waals surface area contributed by atoms with E-state index in [0.29, 0.717) is 10.0 Å². The lowest BCUT2D eigenvalue weighted by Gasteiger charge is -2.08. The minimum atomic E-state index is -0.385. The van der Waals surface area contributed by atoms with E-state index >= 15 is 0 Å². The summed E-state index contributed by atoms with van der Waals surface area (Å²) in [5.41, 5.74) is 6.98. The minimum Gasteiger partial charge on any atom is -0.394 e. The van der Waals surface area contributed by atoms with Crippen molar-refractivity contribution in [3.05, 3.63) is 33.8 Å². The van der Waals surface area contributed by atoms with Gasteiger partial charge in [0.25, 0.3) is 0 Å². The third kappa shape index (κ3) is 2.28. The van der Waals surface area contributed by atoms with Crippen LogP contribution >= 0.6 is 15.9 Å². The molecule has 3 N–H and O–H groups in total. The van der Waals surface area contributed by atoms with Crippen molar-refractivity contribution in [1.29, 1.82) is 5.26 Å². The van der Waals surface area contributed by atoms with Gasteiger partial charge in [-0.05, 0) is 33.6 Å². The number of nitriles is 1. The van der Waals surface area contributed by atoms with Crippen molar-refractivity contribution in [1.82, 2.24) is 0 Å². The highest BCUT2D eigenvalue weighted by Gasteiger charge is 2.06. The molecule has 1 aromatic carbocycles. The number of hydrogen-bond donors (Lipinski definition) is 2. The van der Waals surface area contributed by atoms with E-state index in [1.54, 1.807) is 18.2 Å². The molecule has 0 aliphatic carbocycles. The van der Waals surface area contributed by atoms with Crippen LogP contribution in [-0.2, 0) is 0 Å². The second-order valence-corrected chi connectivity index (χ2v) is 3.49. The van der Waals surface area contributed by atoms with Crippen molar-refractivity contribution in [3.63, 3.8) is 0 Å². The second kappa shape index (κ2) is 4.38. The van der Waals surface area contributed by atoms with Crippen LogP contribution in [0.5, 0.6) is 0 Å². The van der Waals surface area contributed by atoms with Crippen molar-refractivity contribution in [2.75, 3.05) is 6.61 Å². The van der Waals surface area contributed by atoms with E-state index in [9.17, 15) is 0 Å². The Kier molecular flexibility index (Phi) is 3.43. The summed E-state index contributed by atoms with van der Waals surface area (Å²) >= 11 is 3.25. The standard InChI is InChI=1S/C9H9BrN2O/c10-8-3-6(9(12)5-13)1-2-7(8)4-11/h1-3,9,13H,5,12H2/t9-/m0/s1. The Labute approximate surface area is 84.9 Å². The second-order valence-electron chi connectivity index (χ2n) is 2.64. The molecule has 0 aromatic heterocycles. The topological polar surface area (TPSA) is 70.0 Å². The molecule has 1 aromatic rings. The molecule has 0 spiro atoms. The molecule has 0 aliphatic rings. The maximum Gasteiger partial charge on any atom is 0.100 e. The highest BCUT2D eigenvalue weighted by molar-refractivity contribution is 9.10. The van der Waals surface area contributed by atoms with Gasteiger partial charge in [0.1, 0.15) is 6.07 Å². The fourth-order valence-electron chi connectivity index (χ4n) is 0.958. The van der Waals surface area contributed by atoms with Crippen LogP contribution in [0.2, 0.25) is 0 Å². The molecule has 1 atom stereocenters. The van der Waals surface area contributed by atoms with Crippen LogP contribution in [0.4, 0.5) is 0 Å². The van der Waals surface area contributed by atoms with Crippen LogP contribution in [0, 0.1) is 11.3 Å². The van der Waals surface area contributed by atoms with Crippen LogP contribution in [0.25, 0.3) is 0 Å². The van der Waals surface area contributed by atoms with Crippen molar-refractivity contribution in [2.24, 2.45) is 5.73 Å². The smallest absolute Gasteiger partial charge is 0.100 e. The predicted molar refractivity (Wildman–Crippen MR) is 52.9 cm³/mol. The summed E-state index contributed by atoms with van der Waals surface area (Å²) in [6, 6.07) is 6.81. The fourth-order valence-corrected chi connectivity index (χ4v) is 1.44.